The van der Waals surface area contributed by atoms with Crippen molar-refractivity contribution in [2.75, 3.05) is 6.79 Å². The lowest BCUT2D eigenvalue weighted by atomic mass is 10.0. The summed E-state index contributed by atoms with van der Waals surface area (Å²) in [5, 5.41) is 4.41. The van der Waals surface area contributed by atoms with Crippen LogP contribution in [-0.4, -0.2) is 16.8 Å². The van der Waals surface area contributed by atoms with Gasteiger partial charge in [-0.15, -0.1) is 0 Å². The second-order valence-electron chi connectivity index (χ2n) is 5.29. The molecule has 5 nitrogen and oxygen atoms in total. The standard InChI is InChI=1S/C17H10N2O3/c20-17-13-6-15-14(21-8-22-15)5-12(13)11-2-1-9-7-18-4-3-10(9)16(11)19-17/h1-7H,8H2,(H,19,20). The first-order chi connectivity index (χ1) is 10.8. The van der Waals surface area contributed by atoms with Crippen molar-refractivity contribution in [2.45, 2.75) is 0 Å². The van der Waals surface area contributed by atoms with Gasteiger partial charge in [0.1, 0.15) is 0 Å². The van der Waals surface area contributed by atoms with E-state index in [1.807, 2.05) is 24.3 Å². The number of hydrogen-bond donors (Lipinski definition) is 1. The fourth-order valence-electron chi connectivity index (χ4n) is 3.06. The molecule has 1 aliphatic heterocycles. The van der Waals surface area contributed by atoms with Crippen LogP contribution in [-0.2, 0) is 0 Å². The van der Waals surface area contributed by atoms with Gasteiger partial charge in [0, 0.05) is 33.9 Å². The molecule has 5 rings (SSSR count). The highest BCUT2D eigenvalue weighted by Crippen LogP contribution is 2.37. The van der Waals surface area contributed by atoms with Gasteiger partial charge in [-0.3, -0.25) is 9.78 Å². The van der Waals surface area contributed by atoms with Crippen molar-refractivity contribution in [3.63, 3.8) is 0 Å². The van der Waals surface area contributed by atoms with E-state index in [9.17, 15) is 4.79 Å². The molecule has 0 radical (unpaired) electrons. The molecule has 0 aliphatic carbocycles. The molecule has 3 heterocycles. The summed E-state index contributed by atoms with van der Waals surface area (Å²) in [5.41, 5.74) is 0.682. The first-order valence-electron chi connectivity index (χ1n) is 6.93. The van der Waals surface area contributed by atoms with Crippen LogP contribution in [0.4, 0.5) is 0 Å². The Morgan fingerprint density at radius 1 is 0.955 bits per heavy atom. The molecule has 0 fully saturated rings. The summed E-state index contributed by atoms with van der Waals surface area (Å²) in [6.07, 6.45) is 3.51. The average molecular weight is 290 g/mol. The third kappa shape index (κ3) is 1.42. The van der Waals surface area contributed by atoms with Crippen LogP contribution < -0.4 is 15.0 Å². The summed E-state index contributed by atoms with van der Waals surface area (Å²) in [4.78, 5) is 19.6. The Balaban J connectivity index is 2.04. The summed E-state index contributed by atoms with van der Waals surface area (Å²) in [5.74, 6) is 1.29. The van der Waals surface area contributed by atoms with E-state index >= 15 is 0 Å². The van der Waals surface area contributed by atoms with Gasteiger partial charge >= 0.3 is 0 Å². The van der Waals surface area contributed by atoms with Crippen molar-refractivity contribution >= 4 is 32.4 Å². The van der Waals surface area contributed by atoms with E-state index in [-0.39, 0.29) is 12.4 Å². The van der Waals surface area contributed by atoms with E-state index in [1.54, 1.807) is 18.5 Å². The number of fused-ring (bicyclic) bond motifs is 6. The number of ether oxygens (including phenoxy) is 2. The lowest BCUT2D eigenvalue weighted by Crippen LogP contribution is -2.06. The minimum atomic E-state index is -0.134. The Kier molecular flexibility index (Phi) is 2.09. The first kappa shape index (κ1) is 11.6. The van der Waals surface area contributed by atoms with Crippen LogP contribution in [0, 0.1) is 0 Å². The van der Waals surface area contributed by atoms with Crippen LogP contribution in [0.5, 0.6) is 11.5 Å². The Labute approximate surface area is 124 Å². The minimum absolute atomic E-state index is 0.134. The number of hydrogen-bond acceptors (Lipinski definition) is 4. The molecular weight excluding hydrogens is 280 g/mol. The lowest BCUT2D eigenvalue weighted by molar-refractivity contribution is 0.174. The van der Waals surface area contributed by atoms with Gasteiger partial charge in [-0.1, -0.05) is 12.1 Å². The number of nitrogens with one attached hydrogen (secondary N) is 1. The summed E-state index contributed by atoms with van der Waals surface area (Å²) >= 11 is 0. The zero-order valence-corrected chi connectivity index (χ0v) is 11.4. The van der Waals surface area contributed by atoms with E-state index in [1.165, 1.54) is 0 Å². The van der Waals surface area contributed by atoms with E-state index in [2.05, 4.69) is 9.97 Å². The van der Waals surface area contributed by atoms with Crippen molar-refractivity contribution in [3.05, 3.63) is 53.1 Å². The maximum absolute atomic E-state index is 12.5. The van der Waals surface area contributed by atoms with Crippen LogP contribution in [0.1, 0.15) is 0 Å². The number of aromatic nitrogens is 2. The molecule has 0 saturated carbocycles. The van der Waals surface area contributed by atoms with Crippen molar-refractivity contribution in [3.8, 4) is 11.5 Å². The van der Waals surface area contributed by atoms with Crippen molar-refractivity contribution in [1.82, 2.24) is 9.97 Å². The maximum atomic E-state index is 12.5. The van der Waals surface area contributed by atoms with Gasteiger partial charge in [0.25, 0.3) is 5.56 Å². The van der Waals surface area contributed by atoms with Crippen LogP contribution in [0.2, 0.25) is 0 Å². The number of nitrogens with zero attached hydrogens (tertiary/aromatic N) is 1. The third-order valence-electron chi connectivity index (χ3n) is 4.11. The van der Waals surface area contributed by atoms with Gasteiger partial charge in [-0.25, -0.2) is 0 Å². The monoisotopic (exact) mass is 290 g/mol. The molecule has 22 heavy (non-hydrogen) atoms. The smallest absolute Gasteiger partial charge is 0.256 e. The first-order valence-corrected chi connectivity index (χ1v) is 6.93. The second kappa shape index (κ2) is 3.98. The lowest BCUT2D eigenvalue weighted by Gasteiger charge is -2.07. The fourth-order valence-corrected chi connectivity index (χ4v) is 3.06. The van der Waals surface area contributed by atoms with Crippen molar-refractivity contribution in [1.29, 1.82) is 0 Å². The number of H-pyrrole nitrogens is 1. The summed E-state index contributed by atoms with van der Waals surface area (Å²) < 4.78 is 10.8. The van der Waals surface area contributed by atoms with Gasteiger partial charge in [0.15, 0.2) is 11.5 Å². The molecule has 0 amide bonds. The molecule has 0 atom stereocenters. The molecule has 106 valence electrons. The average Bonchev–Trinajstić information content (AvgIpc) is 3.01. The minimum Gasteiger partial charge on any atom is -0.454 e. The fraction of sp³-hybridized carbons (Fsp3) is 0.0588. The molecule has 1 aliphatic rings. The van der Waals surface area contributed by atoms with Gasteiger partial charge < -0.3 is 14.5 Å². The largest absolute Gasteiger partial charge is 0.454 e. The molecule has 2 aromatic heterocycles. The maximum Gasteiger partial charge on any atom is 0.256 e. The molecule has 1 N–H and O–H groups in total. The SMILES string of the molecule is O=c1[nH]c2c3ccncc3ccc2c2cc3c(cc12)OCO3. The zero-order chi connectivity index (χ0) is 14.7. The molecule has 0 bridgehead atoms. The van der Waals surface area contributed by atoms with Crippen LogP contribution in [0.3, 0.4) is 0 Å². The normalized spacial score (nSPS) is 13.3. The second-order valence-corrected chi connectivity index (χ2v) is 5.29. The Morgan fingerprint density at radius 2 is 1.77 bits per heavy atom. The van der Waals surface area contributed by atoms with E-state index in [0.29, 0.717) is 16.9 Å². The number of rotatable bonds is 0. The predicted molar refractivity (Wildman–Crippen MR) is 83.5 cm³/mol. The Morgan fingerprint density at radius 3 is 2.64 bits per heavy atom. The summed E-state index contributed by atoms with van der Waals surface area (Å²) in [6.45, 7) is 0.191. The number of aromatic amines is 1. The van der Waals surface area contributed by atoms with Gasteiger partial charge in [-0.2, -0.15) is 0 Å². The molecule has 4 aromatic rings. The highest BCUT2D eigenvalue weighted by molar-refractivity contribution is 6.15. The number of pyridine rings is 2. The van der Waals surface area contributed by atoms with E-state index in [4.69, 9.17) is 9.47 Å². The highest BCUT2D eigenvalue weighted by atomic mass is 16.7. The molecular formula is C17H10N2O3. The Bertz CT molecular complexity index is 1130. The van der Waals surface area contributed by atoms with Gasteiger partial charge in [0.2, 0.25) is 6.79 Å². The summed E-state index contributed by atoms with van der Waals surface area (Å²) in [6, 6.07) is 9.54. The van der Waals surface area contributed by atoms with Gasteiger partial charge in [-0.05, 0) is 18.2 Å². The van der Waals surface area contributed by atoms with E-state index in [0.717, 1.165) is 27.1 Å². The van der Waals surface area contributed by atoms with Crippen LogP contribution in [0.15, 0.2) is 47.5 Å². The molecule has 5 heteroatoms. The molecule has 0 saturated heterocycles. The quantitative estimate of drug-likeness (QED) is 0.506. The van der Waals surface area contributed by atoms with Crippen LogP contribution in [0.25, 0.3) is 32.4 Å². The third-order valence-corrected chi connectivity index (χ3v) is 4.11. The van der Waals surface area contributed by atoms with E-state index < -0.39 is 0 Å². The highest BCUT2D eigenvalue weighted by Gasteiger charge is 2.17. The van der Waals surface area contributed by atoms with Crippen molar-refractivity contribution in [2.24, 2.45) is 0 Å². The molecule has 0 spiro atoms. The molecule has 2 aromatic carbocycles. The molecule has 0 unspecified atom stereocenters. The number of benzene rings is 2. The van der Waals surface area contributed by atoms with Crippen LogP contribution >= 0.6 is 0 Å². The zero-order valence-electron chi connectivity index (χ0n) is 11.4. The van der Waals surface area contributed by atoms with Crippen molar-refractivity contribution < 1.29 is 9.47 Å². The predicted octanol–water partition coefficient (Wildman–Crippen LogP) is 2.96. The summed E-state index contributed by atoms with van der Waals surface area (Å²) in [7, 11) is 0. The van der Waals surface area contributed by atoms with Gasteiger partial charge in [0.05, 0.1) is 10.9 Å². The Hall–Kier alpha value is -3.08. The topological polar surface area (TPSA) is 64.2 Å².